The fourth-order valence-corrected chi connectivity index (χ4v) is 1.80. The molecule has 0 radical (unpaired) electrons. The van der Waals surface area contributed by atoms with Gasteiger partial charge in [-0.1, -0.05) is 13.0 Å². The van der Waals surface area contributed by atoms with Crippen LogP contribution in [0.1, 0.15) is 27.2 Å². The lowest BCUT2D eigenvalue weighted by molar-refractivity contribution is -0.0151. The molecule has 1 atom stereocenters. The summed E-state index contributed by atoms with van der Waals surface area (Å²) < 4.78 is 7.25. The van der Waals surface area contributed by atoms with Crippen molar-refractivity contribution >= 4 is 0 Å². The zero-order chi connectivity index (χ0) is 13.6. The molecule has 0 amide bonds. The van der Waals surface area contributed by atoms with Gasteiger partial charge in [-0.25, -0.2) is 0 Å². The molecule has 1 aromatic heterocycles. The van der Waals surface area contributed by atoms with Crippen LogP contribution in [-0.2, 0) is 11.3 Å². The molecule has 0 saturated carbocycles. The lowest BCUT2D eigenvalue weighted by atomic mass is 9.98. The molecule has 0 fully saturated rings. The summed E-state index contributed by atoms with van der Waals surface area (Å²) in [6, 6.07) is 5.31. The van der Waals surface area contributed by atoms with Crippen LogP contribution in [0.25, 0.3) is 0 Å². The Morgan fingerprint density at radius 2 is 2.17 bits per heavy atom. The van der Waals surface area contributed by atoms with E-state index in [1.165, 1.54) is 0 Å². The summed E-state index contributed by atoms with van der Waals surface area (Å²) in [7, 11) is 1.70. The van der Waals surface area contributed by atoms with Gasteiger partial charge in [0.05, 0.1) is 11.6 Å². The van der Waals surface area contributed by atoms with E-state index in [-0.39, 0.29) is 17.2 Å². The molecule has 1 N–H and O–H groups in total. The van der Waals surface area contributed by atoms with Crippen molar-refractivity contribution in [3.05, 3.63) is 34.7 Å². The summed E-state index contributed by atoms with van der Waals surface area (Å²) in [4.78, 5) is 11.7. The SMILES string of the molecule is CCCNC(Cn1ccccc1=O)C(C)(C)OC. The molecule has 18 heavy (non-hydrogen) atoms. The number of hydrogen-bond acceptors (Lipinski definition) is 3. The maximum Gasteiger partial charge on any atom is 0.250 e. The normalized spacial score (nSPS) is 13.6. The molecule has 0 aliphatic heterocycles. The van der Waals surface area contributed by atoms with Crippen LogP contribution in [0, 0.1) is 0 Å². The average molecular weight is 252 g/mol. The highest BCUT2D eigenvalue weighted by Crippen LogP contribution is 2.15. The van der Waals surface area contributed by atoms with Gasteiger partial charge < -0.3 is 14.6 Å². The predicted molar refractivity (Wildman–Crippen MR) is 73.9 cm³/mol. The van der Waals surface area contributed by atoms with E-state index in [4.69, 9.17) is 4.74 Å². The van der Waals surface area contributed by atoms with E-state index in [2.05, 4.69) is 12.2 Å². The van der Waals surface area contributed by atoms with Crippen LogP contribution in [0.15, 0.2) is 29.2 Å². The van der Waals surface area contributed by atoms with E-state index in [9.17, 15) is 4.79 Å². The maximum atomic E-state index is 11.7. The Hall–Kier alpha value is -1.13. The third kappa shape index (κ3) is 3.96. The summed E-state index contributed by atoms with van der Waals surface area (Å²) in [5, 5.41) is 3.45. The Balaban J connectivity index is 2.85. The minimum Gasteiger partial charge on any atom is -0.377 e. The molecule has 1 heterocycles. The fraction of sp³-hybridized carbons (Fsp3) is 0.643. The highest BCUT2D eigenvalue weighted by Gasteiger charge is 2.29. The topological polar surface area (TPSA) is 43.3 Å². The summed E-state index contributed by atoms with van der Waals surface area (Å²) in [6.07, 6.45) is 2.87. The van der Waals surface area contributed by atoms with Gasteiger partial charge in [-0.05, 0) is 32.9 Å². The second-order valence-electron chi connectivity index (χ2n) is 5.01. The van der Waals surface area contributed by atoms with Crippen molar-refractivity contribution in [3.8, 4) is 0 Å². The second-order valence-corrected chi connectivity index (χ2v) is 5.01. The maximum absolute atomic E-state index is 11.7. The minimum absolute atomic E-state index is 0.0210. The average Bonchev–Trinajstić information content (AvgIpc) is 2.36. The molecule has 1 aromatic rings. The Kier molecular flexibility index (Phi) is 5.56. The summed E-state index contributed by atoms with van der Waals surface area (Å²) in [6.45, 7) is 7.72. The number of nitrogens with one attached hydrogen (secondary N) is 1. The van der Waals surface area contributed by atoms with Crippen LogP contribution in [-0.4, -0.2) is 29.9 Å². The van der Waals surface area contributed by atoms with Gasteiger partial charge in [0.2, 0.25) is 0 Å². The Morgan fingerprint density at radius 1 is 1.44 bits per heavy atom. The van der Waals surface area contributed by atoms with Crippen molar-refractivity contribution < 1.29 is 4.74 Å². The largest absolute Gasteiger partial charge is 0.377 e. The molecular weight excluding hydrogens is 228 g/mol. The Morgan fingerprint density at radius 3 is 2.72 bits per heavy atom. The van der Waals surface area contributed by atoms with E-state index < -0.39 is 0 Å². The Bertz CT molecular complexity index is 412. The van der Waals surface area contributed by atoms with Crippen LogP contribution < -0.4 is 10.9 Å². The molecule has 0 aliphatic rings. The molecule has 1 rings (SSSR count). The molecule has 0 aliphatic carbocycles. The van der Waals surface area contributed by atoms with E-state index in [1.807, 2.05) is 26.1 Å². The number of ether oxygens (including phenoxy) is 1. The zero-order valence-corrected chi connectivity index (χ0v) is 11.8. The van der Waals surface area contributed by atoms with Gasteiger partial charge in [0.1, 0.15) is 0 Å². The molecule has 0 bridgehead atoms. The first-order valence-corrected chi connectivity index (χ1v) is 6.45. The standard InChI is InChI=1S/C14H24N2O2/c1-5-9-15-12(14(2,3)18-4)11-16-10-7-6-8-13(16)17/h6-8,10,12,15H,5,9,11H2,1-4H3. The van der Waals surface area contributed by atoms with Crippen molar-refractivity contribution in [1.82, 2.24) is 9.88 Å². The van der Waals surface area contributed by atoms with Crippen molar-refractivity contribution in [2.45, 2.75) is 45.4 Å². The van der Waals surface area contributed by atoms with Gasteiger partial charge in [-0.2, -0.15) is 0 Å². The first-order valence-electron chi connectivity index (χ1n) is 6.45. The molecular formula is C14H24N2O2. The summed E-state index contributed by atoms with van der Waals surface area (Å²) >= 11 is 0. The van der Waals surface area contributed by atoms with Crippen molar-refractivity contribution in [3.63, 3.8) is 0 Å². The zero-order valence-electron chi connectivity index (χ0n) is 11.8. The highest BCUT2D eigenvalue weighted by atomic mass is 16.5. The van der Waals surface area contributed by atoms with E-state index in [0.717, 1.165) is 13.0 Å². The number of hydrogen-bond donors (Lipinski definition) is 1. The molecule has 102 valence electrons. The van der Waals surface area contributed by atoms with Crippen LogP contribution in [0.4, 0.5) is 0 Å². The van der Waals surface area contributed by atoms with Crippen LogP contribution >= 0.6 is 0 Å². The van der Waals surface area contributed by atoms with E-state index in [0.29, 0.717) is 6.54 Å². The first-order chi connectivity index (χ1) is 8.51. The summed E-state index contributed by atoms with van der Waals surface area (Å²) in [5.41, 5.74) is -0.294. The smallest absolute Gasteiger partial charge is 0.250 e. The van der Waals surface area contributed by atoms with E-state index in [1.54, 1.807) is 23.8 Å². The van der Waals surface area contributed by atoms with Crippen molar-refractivity contribution in [2.24, 2.45) is 0 Å². The van der Waals surface area contributed by atoms with Crippen LogP contribution in [0.5, 0.6) is 0 Å². The van der Waals surface area contributed by atoms with Crippen LogP contribution in [0.2, 0.25) is 0 Å². The van der Waals surface area contributed by atoms with Gasteiger partial charge in [0, 0.05) is 25.9 Å². The van der Waals surface area contributed by atoms with Gasteiger partial charge in [0.25, 0.3) is 5.56 Å². The van der Waals surface area contributed by atoms with E-state index >= 15 is 0 Å². The fourth-order valence-electron chi connectivity index (χ4n) is 1.80. The minimum atomic E-state index is -0.315. The third-order valence-electron chi connectivity index (χ3n) is 3.28. The van der Waals surface area contributed by atoms with Gasteiger partial charge in [-0.3, -0.25) is 4.79 Å². The van der Waals surface area contributed by atoms with Gasteiger partial charge >= 0.3 is 0 Å². The Labute approximate surface area is 109 Å². The molecule has 0 saturated heterocycles. The number of nitrogens with zero attached hydrogens (tertiary/aromatic N) is 1. The number of rotatable bonds is 7. The van der Waals surface area contributed by atoms with Gasteiger partial charge in [0.15, 0.2) is 0 Å². The number of pyridine rings is 1. The first kappa shape index (κ1) is 14.9. The molecule has 0 aromatic carbocycles. The van der Waals surface area contributed by atoms with Crippen molar-refractivity contribution in [1.29, 1.82) is 0 Å². The summed E-state index contributed by atoms with van der Waals surface area (Å²) in [5.74, 6) is 0. The third-order valence-corrected chi connectivity index (χ3v) is 3.28. The second kappa shape index (κ2) is 6.71. The molecule has 4 nitrogen and oxygen atoms in total. The highest BCUT2D eigenvalue weighted by molar-refractivity contribution is 4.95. The lowest BCUT2D eigenvalue weighted by Gasteiger charge is -2.34. The number of aromatic nitrogens is 1. The predicted octanol–water partition coefficient (Wildman–Crippen LogP) is 1.64. The number of methoxy groups -OCH3 is 1. The molecule has 1 unspecified atom stereocenters. The van der Waals surface area contributed by atoms with Gasteiger partial charge in [-0.15, -0.1) is 0 Å². The lowest BCUT2D eigenvalue weighted by Crippen LogP contribution is -2.51. The van der Waals surface area contributed by atoms with Crippen LogP contribution in [0.3, 0.4) is 0 Å². The molecule has 4 heteroatoms. The molecule has 0 spiro atoms. The monoisotopic (exact) mass is 252 g/mol. The quantitative estimate of drug-likeness (QED) is 0.802. The van der Waals surface area contributed by atoms with Crippen molar-refractivity contribution in [2.75, 3.05) is 13.7 Å².